The third-order valence-corrected chi connectivity index (χ3v) is 4.51. The summed E-state index contributed by atoms with van der Waals surface area (Å²) in [5, 5.41) is 0. The fraction of sp³-hybridized carbons (Fsp3) is 0.529. The minimum absolute atomic E-state index is 0.0107. The molecule has 0 spiro atoms. The lowest BCUT2D eigenvalue weighted by molar-refractivity contribution is -0.140. The van der Waals surface area contributed by atoms with Gasteiger partial charge in [-0.15, -0.1) is 0 Å². The van der Waals surface area contributed by atoms with Gasteiger partial charge in [0.2, 0.25) is 5.91 Å². The van der Waals surface area contributed by atoms with Crippen LogP contribution in [0.3, 0.4) is 0 Å². The van der Waals surface area contributed by atoms with Crippen LogP contribution in [0.15, 0.2) is 18.3 Å². The van der Waals surface area contributed by atoms with E-state index < -0.39 is 11.9 Å². The molecule has 0 aliphatic carbocycles. The molecule has 3 aliphatic rings. The molecule has 1 unspecified atom stereocenters. The minimum atomic E-state index is -4.49. The van der Waals surface area contributed by atoms with Crippen molar-refractivity contribution in [3.05, 3.63) is 29.6 Å². The minimum Gasteiger partial charge on any atom is -0.338 e. The van der Waals surface area contributed by atoms with E-state index in [-0.39, 0.29) is 24.3 Å². The van der Waals surface area contributed by atoms with Gasteiger partial charge in [-0.05, 0) is 50.8 Å². The van der Waals surface area contributed by atoms with E-state index in [0.29, 0.717) is 12.1 Å². The molecule has 0 aromatic rings. The van der Waals surface area contributed by atoms with Gasteiger partial charge in [-0.25, -0.2) is 4.98 Å². The van der Waals surface area contributed by atoms with Gasteiger partial charge in [0.15, 0.2) is 0 Å². The molecule has 3 heterocycles. The molecule has 1 amide bonds. The van der Waals surface area contributed by atoms with Crippen LogP contribution in [0.1, 0.15) is 37.4 Å². The van der Waals surface area contributed by atoms with Crippen LogP contribution in [0, 0.1) is 6.92 Å². The number of alkyl halides is 3. The van der Waals surface area contributed by atoms with Crippen LogP contribution in [0.5, 0.6) is 0 Å². The van der Waals surface area contributed by atoms with Crippen LogP contribution in [-0.2, 0) is 17.5 Å². The maximum Gasteiger partial charge on any atom is 0.433 e. The number of fused-ring (bicyclic) bond motifs is 1. The van der Waals surface area contributed by atoms with E-state index in [9.17, 15) is 18.0 Å². The lowest BCUT2D eigenvalue weighted by Gasteiger charge is -2.33. The Morgan fingerprint density at radius 2 is 2.08 bits per heavy atom. The molecule has 0 aromatic carbocycles. The topological polar surface area (TPSA) is 38.1 Å². The van der Waals surface area contributed by atoms with E-state index >= 15 is 0 Å². The first-order valence-corrected chi connectivity index (χ1v) is 8.10. The average Bonchev–Trinajstić information content (AvgIpc) is 2.91. The third kappa shape index (κ3) is 3.25. The number of piperidine rings is 1. The highest BCUT2D eigenvalue weighted by Crippen LogP contribution is 2.34. The summed E-state index contributed by atoms with van der Waals surface area (Å²) in [5.41, 5.74) is 0.278. The Morgan fingerprint density at radius 3 is 2.75 bits per heavy atom. The van der Waals surface area contributed by atoms with Gasteiger partial charge in [0.1, 0.15) is 18.1 Å². The first-order valence-electron chi connectivity index (χ1n) is 8.10. The van der Waals surface area contributed by atoms with Crippen LogP contribution < -0.4 is 0 Å². The van der Waals surface area contributed by atoms with Crippen LogP contribution in [-0.4, -0.2) is 32.9 Å². The Kier molecular flexibility index (Phi) is 4.27. The molecule has 1 fully saturated rings. The van der Waals surface area contributed by atoms with Crippen LogP contribution in [0.25, 0.3) is 11.4 Å². The van der Waals surface area contributed by atoms with Gasteiger partial charge in [0, 0.05) is 24.3 Å². The Morgan fingerprint density at radius 1 is 1.33 bits per heavy atom. The van der Waals surface area contributed by atoms with Crippen molar-refractivity contribution in [3.8, 4) is 11.4 Å². The summed E-state index contributed by atoms with van der Waals surface area (Å²) in [7, 11) is 0. The summed E-state index contributed by atoms with van der Waals surface area (Å²) in [6, 6.07) is 2.86. The summed E-state index contributed by atoms with van der Waals surface area (Å²) in [6.07, 6.45) is 0.230. The van der Waals surface area contributed by atoms with Gasteiger partial charge in [0.05, 0.1) is 0 Å². The molecule has 1 saturated heterocycles. The second kappa shape index (κ2) is 6.11. The monoisotopic (exact) mass is 339 g/mol. The number of hydrogen-bond acceptors (Lipinski definition) is 2. The second-order valence-corrected chi connectivity index (χ2v) is 6.50. The van der Waals surface area contributed by atoms with Gasteiger partial charge in [-0.2, -0.15) is 13.2 Å². The summed E-state index contributed by atoms with van der Waals surface area (Å²) in [4.78, 5) is 18.1. The van der Waals surface area contributed by atoms with Crippen molar-refractivity contribution >= 4 is 5.91 Å². The first-order chi connectivity index (χ1) is 11.3. The van der Waals surface area contributed by atoms with Crippen molar-refractivity contribution in [1.29, 1.82) is 0 Å². The number of pyridine rings is 1. The standard InChI is InChI=1S/C17H20F3N3O/c1-11-7-13-8-14(17(18,19)20)21-16(13)22(9-11)10-15(24)23-6-4-3-5-12(23)2/h7-9,12H,3-6,10H2,1-2H3. The SMILES string of the molecule is Cc1cc2cc(C(F)(F)F)nc-2n(CC(=O)N2CCCCC2C)c1. The number of nitrogens with zero attached hydrogens (tertiary/aromatic N) is 3. The lowest BCUT2D eigenvalue weighted by Crippen LogP contribution is -2.43. The number of amides is 1. The maximum absolute atomic E-state index is 12.9. The van der Waals surface area contributed by atoms with Gasteiger partial charge in [0.25, 0.3) is 0 Å². The number of halogens is 3. The van der Waals surface area contributed by atoms with E-state index in [1.165, 1.54) is 4.57 Å². The van der Waals surface area contributed by atoms with Crippen LogP contribution in [0.2, 0.25) is 0 Å². The third-order valence-electron chi connectivity index (χ3n) is 4.51. The number of rotatable bonds is 2. The summed E-state index contributed by atoms with van der Waals surface area (Å²) in [6.45, 7) is 4.52. The van der Waals surface area contributed by atoms with Crippen LogP contribution >= 0.6 is 0 Å². The molecular formula is C17H20F3N3O. The van der Waals surface area contributed by atoms with Crippen LogP contribution in [0.4, 0.5) is 13.2 Å². The highest BCUT2D eigenvalue weighted by Gasteiger charge is 2.35. The maximum atomic E-state index is 12.9. The molecule has 7 heteroatoms. The normalized spacial score (nSPS) is 19.0. The Hall–Kier alpha value is -2.05. The number of aryl methyl sites for hydroxylation is 1. The van der Waals surface area contributed by atoms with Crippen molar-refractivity contribution in [2.45, 2.75) is 51.9 Å². The van der Waals surface area contributed by atoms with E-state index in [1.54, 1.807) is 19.2 Å². The molecule has 0 N–H and O–H groups in total. The molecule has 130 valence electrons. The van der Waals surface area contributed by atoms with Crippen molar-refractivity contribution in [2.24, 2.45) is 0 Å². The summed E-state index contributed by atoms with van der Waals surface area (Å²) in [5.74, 6) is 0.126. The molecule has 4 nitrogen and oxygen atoms in total. The van der Waals surface area contributed by atoms with Crippen molar-refractivity contribution in [3.63, 3.8) is 0 Å². The van der Waals surface area contributed by atoms with Crippen molar-refractivity contribution in [1.82, 2.24) is 14.5 Å². The lowest BCUT2D eigenvalue weighted by atomic mass is 10.0. The van der Waals surface area contributed by atoms with Gasteiger partial charge in [-0.3, -0.25) is 4.79 Å². The molecule has 0 bridgehead atoms. The predicted octanol–water partition coefficient (Wildman–Crippen LogP) is 3.72. The first kappa shape index (κ1) is 16.8. The summed E-state index contributed by atoms with van der Waals surface area (Å²) < 4.78 is 40.3. The Bertz CT molecular complexity index is 723. The van der Waals surface area contributed by atoms with Crippen molar-refractivity contribution in [2.75, 3.05) is 6.54 Å². The number of aromatic nitrogens is 2. The second-order valence-electron chi connectivity index (χ2n) is 6.50. The molecular weight excluding hydrogens is 319 g/mol. The van der Waals surface area contributed by atoms with Gasteiger partial charge < -0.3 is 9.47 Å². The van der Waals surface area contributed by atoms with Gasteiger partial charge >= 0.3 is 6.18 Å². The van der Waals surface area contributed by atoms with E-state index in [0.717, 1.165) is 30.9 Å². The van der Waals surface area contributed by atoms with Crippen molar-refractivity contribution < 1.29 is 18.0 Å². The Labute approximate surface area is 138 Å². The molecule has 3 aliphatic heterocycles. The molecule has 3 rings (SSSR count). The molecule has 0 radical (unpaired) electrons. The fourth-order valence-electron chi connectivity index (χ4n) is 3.32. The zero-order valence-electron chi connectivity index (χ0n) is 13.7. The quantitative estimate of drug-likeness (QED) is 0.836. The highest BCUT2D eigenvalue weighted by atomic mass is 19.4. The van der Waals surface area contributed by atoms with E-state index in [1.807, 2.05) is 11.8 Å². The molecule has 24 heavy (non-hydrogen) atoms. The largest absolute Gasteiger partial charge is 0.433 e. The van der Waals surface area contributed by atoms with Gasteiger partial charge in [-0.1, -0.05) is 0 Å². The zero-order valence-corrected chi connectivity index (χ0v) is 13.7. The molecule has 0 aromatic heterocycles. The number of hydrogen-bond donors (Lipinski definition) is 0. The fourth-order valence-corrected chi connectivity index (χ4v) is 3.32. The predicted molar refractivity (Wildman–Crippen MR) is 83.6 cm³/mol. The van der Waals surface area contributed by atoms with E-state index in [2.05, 4.69) is 4.98 Å². The Balaban J connectivity index is 1.91. The number of likely N-dealkylation sites (tertiary alicyclic amines) is 1. The summed E-state index contributed by atoms with van der Waals surface area (Å²) >= 11 is 0. The van der Waals surface area contributed by atoms with E-state index in [4.69, 9.17) is 0 Å². The smallest absolute Gasteiger partial charge is 0.338 e. The molecule has 1 atom stereocenters. The molecule has 0 saturated carbocycles. The average molecular weight is 339 g/mol. The zero-order chi connectivity index (χ0) is 17.5. The number of carbonyl (C=O) groups is 1. The highest BCUT2D eigenvalue weighted by molar-refractivity contribution is 5.77. The number of carbonyl (C=O) groups excluding carboxylic acids is 1.